The van der Waals surface area contributed by atoms with E-state index in [0.717, 1.165) is 22.7 Å². The minimum absolute atomic E-state index is 0.303. The number of amides is 1. The molecule has 22 heavy (non-hydrogen) atoms. The van der Waals surface area contributed by atoms with Gasteiger partial charge >= 0.3 is 0 Å². The molecule has 0 spiro atoms. The minimum atomic E-state index is -1.14. The molecule has 2 atom stereocenters. The highest BCUT2D eigenvalue weighted by Gasteiger charge is 2.32. The summed E-state index contributed by atoms with van der Waals surface area (Å²) in [6, 6.07) is 3.86. The average molecular weight is 336 g/mol. The monoisotopic (exact) mass is 336 g/mol. The Morgan fingerprint density at radius 1 is 1.23 bits per heavy atom. The van der Waals surface area contributed by atoms with Gasteiger partial charge in [0.1, 0.15) is 0 Å². The fourth-order valence-electron chi connectivity index (χ4n) is 2.70. The molecular weight excluding hydrogens is 322 g/mol. The maximum absolute atomic E-state index is 12.3. The van der Waals surface area contributed by atoms with Gasteiger partial charge in [0, 0.05) is 17.8 Å². The van der Waals surface area contributed by atoms with Gasteiger partial charge in [-0.15, -0.1) is 21.5 Å². The second-order valence-electron chi connectivity index (χ2n) is 5.20. The molecule has 1 saturated carbocycles. The molecule has 1 fully saturated rings. The molecule has 1 N–H and O–H groups in total. The molecule has 0 radical (unpaired) electrons. The van der Waals surface area contributed by atoms with Crippen molar-refractivity contribution in [2.24, 2.45) is 11.8 Å². The summed E-state index contributed by atoms with van der Waals surface area (Å²) < 4.78 is 0. The van der Waals surface area contributed by atoms with Crippen LogP contribution >= 0.6 is 22.7 Å². The van der Waals surface area contributed by atoms with Crippen molar-refractivity contribution >= 4 is 39.7 Å². The lowest BCUT2D eigenvalue weighted by molar-refractivity contribution is -0.313. The minimum Gasteiger partial charge on any atom is -0.550 e. The Kier molecular flexibility index (Phi) is 4.49. The molecular formula is C14H14N3O3S2-. The predicted octanol–water partition coefficient (Wildman–Crippen LogP) is 1.76. The van der Waals surface area contributed by atoms with Crippen molar-refractivity contribution in [3.63, 3.8) is 0 Å². The third-order valence-electron chi connectivity index (χ3n) is 3.79. The molecule has 116 valence electrons. The number of nitrogens with zero attached hydrogens (tertiary/aromatic N) is 2. The zero-order chi connectivity index (χ0) is 15.5. The van der Waals surface area contributed by atoms with Crippen LogP contribution in [0.15, 0.2) is 17.5 Å². The molecule has 6 nitrogen and oxygen atoms in total. The van der Waals surface area contributed by atoms with E-state index >= 15 is 0 Å². The largest absolute Gasteiger partial charge is 0.550 e. The number of nitrogens with one attached hydrogen (secondary N) is 1. The number of hydrogen-bond donors (Lipinski definition) is 1. The molecule has 2 aromatic rings. The zero-order valence-corrected chi connectivity index (χ0v) is 13.3. The topological polar surface area (TPSA) is 95.0 Å². The SMILES string of the molecule is O=C([O-])[C@H]1CCCC[C@@H]1C(=O)Nc1nnc(-c2cccs2)s1. The molecule has 1 aliphatic rings. The van der Waals surface area contributed by atoms with Crippen molar-refractivity contribution in [3.8, 4) is 9.88 Å². The van der Waals surface area contributed by atoms with E-state index in [1.165, 1.54) is 11.3 Å². The Hall–Kier alpha value is -1.80. The summed E-state index contributed by atoms with van der Waals surface area (Å²) >= 11 is 2.84. The Balaban J connectivity index is 1.70. The van der Waals surface area contributed by atoms with Crippen LogP contribution in [0.3, 0.4) is 0 Å². The lowest BCUT2D eigenvalue weighted by Gasteiger charge is -2.30. The smallest absolute Gasteiger partial charge is 0.229 e. The highest BCUT2D eigenvalue weighted by atomic mass is 32.1. The maximum Gasteiger partial charge on any atom is 0.229 e. The van der Waals surface area contributed by atoms with Gasteiger partial charge in [-0.2, -0.15) is 0 Å². The summed E-state index contributed by atoms with van der Waals surface area (Å²) in [4.78, 5) is 24.5. The Morgan fingerprint density at radius 3 is 2.68 bits per heavy atom. The summed E-state index contributed by atoms with van der Waals surface area (Å²) in [7, 11) is 0. The van der Waals surface area contributed by atoms with E-state index in [0.29, 0.717) is 18.0 Å². The first-order valence-electron chi connectivity index (χ1n) is 7.04. The van der Waals surface area contributed by atoms with Crippen molar-refractivity contribution in [1.29, 1.82) is 0 Å². The molecule has 2 aromatic heterocycles. The zero-order valence-electron chi connectivity index (χ0n) is 11.7. The van der Waals surface area contributed by atoms with Gasteiger partial charge in [0.15, 0.2) is 5.01 Å². The van der Waals surface area contributed by atoms with Crippen LogP contribution in [0.5, 0.6) is 0 Å². The number of carboxylic acid groups (broad SMARTS) is 1. The van der Waals surface area contributed by atoms with E-state index in [1.54, 1.807) is 11.3 Å². The lowest BCUT2D eigenvalue weighted by Crippen LogP contribution is -2.42. The molecule has 1 aliphatic carbocycles. The molecule has 1 amide bonds. The summed E-state index contributed by atoms with van der Waals surface area (Å²) in [6.07, 6.45) is 2.75. The number of aliphatic carboxylic acids is 1. The predicted molar refractivity (Wildman–Crippen MR) is 82.3 cm³/mol. The fraction of sp³-hybridized carbons (Fsp3) is 0.429. The van der Waals surface area contributed by atoms with E-state index in [-0.39, 0.29) is 5.91 Å². The molecule has 0 bridgehead atoms. The molecule has 0 unspecified atom stereocenters. The molecule has 2 heterocycles. The van der Waals surface area contributed by atoms with Gasteiger partial charge < -0.3 is 15.2 Å². The number of hydrogen-bond acceptors (Lipinski definition) is 7. The second-order valence-corrected chi connectivity index (χ2v) is 7.12. The van der Waals surface area contributed by atoms with Crippen LogP contribution in [0, 0.1) is 11.8 Å². The van der Waals surface area contributed by atoms with Gasteiger partial charge in [-0.1, -0.05) is 30.2 Å². The molecule has 0 saturated heterocycles. The van der Waals surface area contributed by atoms with Gasteiger partial charge in [-0.25, -0.2) is 0 Å². The van der Waals surface area contributed by atoms with E-state index < -0.39 is 17.8 Å². The first-order valence-corrected chi connectivity index (χ1v) is 8.74. The van der Waals surface area contributed by atoms with Gasteiger partial charge in [0.05, 0.1) is 4.88 Å². The number of carbonyl (C=O) groups excluding carboxylic acids is 2. The normalized spacial score (nSPS) is 21.5. The third kappa shape index (κ3) is 3.17. The molecule has 3 rings (SSSR count). The summed E-state index contributed by atoms with van der Waals surface area (Å²) in [5.74, 6) is -2.70. The van der Waals surface area contributed by atoms with Crippen LogP contribution in [-0.2, 0) is 9.59 Å². The van der Waals surface area contributed by atoms with Crippen molar-refractivity contribution in [2.75, 3.05) is 5.32 Å². The van der Waals surface area contributed by atoms with Crippen molar-refractivity contribution in [1.82, 2.24) is 10.2 Å². The van der Waals surface area contributed by atoms with Crippen LogP contribution in [0.25, 0.3) is 9.88 Å². The van der Waals surface area contributed by atoms with Crippen LogP contribution in [0.2, 0.25) is 0 Å². The second kappa shape index (κ2) is 6.53. The summed E-state index contributed by atoms with van der Waals surface area (Å²) in [6.45, 7) is 0. The van der Waals surface area contributed by atoms with Crippen LogP contribution in [0.4, 0.5) is 5.13 Å². The highest BCUT2D eigenvalue weighted by molar-refractivity contribution is 7.23. The Morgan fingerprint density at radius 2 is 2.00 bits per heavy atom. The first-order chi connectivity index (χ1) is 10.6. The number of anilines is 1. The van der Waals surface area contributed by atoms with E-state index in [2.05, 4.69) is 15.5 Å². The summed E-state index contributed by atoms with van der Waals surface area (Å²) in [5.41, 5.74) is 0. The van der Waals surface area contributed by atoms with Gasteiger partial charge in [0.2, 0.25) is 11.0 Å². The Bertz CT molecular complexity index is 669. The number of carbonyl (C=O) groups is 2. The number of rotatable bonds is 4. The number of carboxylic acids is 1. The molecule has 0 aromatic carbocycles. The number of aromatic nitrogens is 2. The van der Waals surface area contributed by atoms with Crippen LogP contribution in [0.1, 0.15) is 25.7 Å². The Labute approximate surface area is 135 Å². The standard InChI is InChI=1S/C14H15N3O3S2/c18-11(8-4-1-2-5-9(8)13(19)20)15-14-17-16-12(22-14)10-6-3-7-21-10/h3,6-9H,1-2,4-5H2,(H,19,20)(H,15,17,18)/p-1/t8-,9-/m0/s1. The van der Waals surface area contributed by atoms with E-state index in [1.807, 2.05) is 17.5 Å². The third-order valence-corrected chi connectivity index (χ3v) is 5.67. The van der Waals surface area contributed by atoms with E-state index in [9.17, 15) is 14.7 Å². The average Bonchev–Trinajstić information content (AvgIpc) is 3.17. The van der Waals surface area contributed by atoms with Crippen LogP contribution in [-0.4, -0.2) is 22.1 Å². The van der Waals surface area contributed by atoms with Crippen molar-refractivity contribution < 1.29 is 14.7 Å². The van der Waals surface area contributed by atoms with Crippen LogP contribution < -0.4 is 10.4 Å². The lowest BCUT2D eigenvalue weighted by atomic mass is 9.79. The highest BCUT2D eigenvalue weighted by Crippen LogP contribution is 2.33. The maximum atomic E-state index is 12.3. The fourth-order valence-corrected chi connectivity index (χ4v) is 4.24. The quantitative estimate of drug-likeness (QED) is 0.918. The van der Waals surface area contributed by atoms with Crippen molar-refractivity contribution in [3.05, 3.63) is 17.5 Å². The molecule has 0 aliphatic heterocycles. The van der Waals surface area contributed by atoms with Gasteiger partial charge in [-0.3, -0.25) is 4.79 Å². The van der Waals surface area contributed by atoms with Gasteiger partial charge in [0.25, 0.3) is 0 Å². The first kappa shape index (κ1) is 15.1. The number of thiophene rings is 1. The van der Waals surface area contributed by atoms with Gasteiger partial charge in [-0.05, 0) is 24.3 Å². The summed E-state index contributed by atoms with van der Waals surface area (Å²) in [5, 5.41) is 25.0. The van der Waals surface area contributed by atoms with Crippen molar-refractivity contribution in [2.45, 2.75) is 25.7 Å². The van der Waals surface area contributed by atoms with E-state index in [4.69, 9.17) is 0 Å². The molecule has 8 heteroatoms.